The molecule has 0 aliphatic carbocycles. The fourth-order valence-corrected chi connectivity index (χ4v) is 1.85. The van der Waals surface area contributed by atoms with Crippen LogP contribution in [0.4, 0.5) is 5.82 Å². The van der Waals surface area contributed by atoms with Crippen LogP contribution in [0.1, 0.15) is 10.4 Å². The van der Waals surface area contributed by atoms with Crippen molar-refractivity contribution in [3.05, 3.63) is 42.1 Å². The second-order valence-electron chi connectivity index (χ2n) is 4.58. The van der Waals surface area contributed by atoms with E-state index in [1.165, 1.54) is 16.9 Å². The first kappa shape index (κ1) is 16.5. The predicted octanol–water partition coefficient (Wildman–Crippen LogP) is 1.25. The Morgan fingerprint density at radius 2 is 2.04 bits per heavy atom. The zero-order valence-corrected chi connectivity index (χ0v) is 12.6. The molecule has 0 radical (unpaired) electrons. The minimum absolute atomic E-state index is 0.267. The molecule has 1 aromatic heterocycles. The second-order valence-corrected chi connectivity index (χ2v) is 4.58. The maximum Gasteiger partial charge on any atom is 0.325 e. The normalized spacial score (nSPS) is 10.3. The molecular weight excluding hydrogens is 302 g/mol. The number of methoxy groups -OCH3 is 1. The molecular formula is C15H17N3O5. The van der Waals surface area contributed by atoms with Crippen LogP contribution in [-0.2, 0) is 16.1 Å². The van der Waals surface area contributed by atoms with Gasteiger partial charge in [0.2, 0.25) is 0 Å². The molecule has 23 heavy (non-hydrogen) atoms. The van der Waals surface area contributed by atoms with Crippen molar-refractivity contribution in [3.8, 4) is 5.75 Å². The van der Waals surface area contributed by atoms with Crippen molar-refractivity contribution in [2.75, 3.05) is 25.6 Å². The number of hydrogen-bond acceptors (Lipinski definition) is 5. The molecule has 0 saturated heterocycles. The summed E-state index contributed by atoms with van der Waals surface area (Å²) in [5.41, 5.74) is 0.358. The van der Waals surface area contributed by atoms with E-state index < -0.39 is 11.9 Å². The Bertz CT molecular complexity index is 683. The number of para-hydroxylation sites is 1. The van der Waals surface area contributed by atoms with Gasteiger partial charge in [0, 0.05) is 19.4 Å². The standard InChI is InChI=1S/C15H17N3O5/c1-22-8-9-23-12-5-3-2-4-11(12)15(21)16-13-6-7-18(17-13)10-14(19)20/h2-7H,8-10H2,1H3,(H,19,20)(H,16,17,21). The lowest BCUT2D eigenvalue weighted by molar-refractivity contribution is -0.137. The summed E-state index contributed by atoms with van der Waals surface area (Å²) in [5, 5.41) is 15.3. The van der Waals surface area contributed by atoms with E-state index in [1.54, 1.807) is 31.4 Å². The number of amides is 1. The number of anilines is 1. The molecule has 0 unspecified atom stereocenters. The fraction of sp³-hybridized carbons (Fsp3) is 0.267. The number of nitrogens with zero attached hydrogens (tertiary/aromatic N) is 2. The van der Waals surface area contributed by atoms with Crippen LogP contribution in [0.3, 0.4) is 0 Å². The van der Waals surface area contributed by atoms with Gasteiger partial charge < -0.3 is 19.9 Å². The van der Waals surface area contributed by atoms with E-state index >= 15 is 0 Å². The number of ether oxygens (including phenoxy) is 2. The van der Waals surface area contributed by atoms with Gasteiger partial charge >= 0.3 is 5.97 Å². The van der Waals surface area contributed by atoms with Crippen molar-refractivity contribution in [2.24, 2.45) is 0 Å². The van der Waals surface area contributed by atoms with E-state index in [9.17, 15) is 9.59 Å². The Morgan fingerprint density at radius 3 is 2.78 bits per heavy atom. The van der Waals surface area contributed by atoms with Crippen LogP contribution in [0.2, 0.25) is 0 Å². The molecule has 0 fully saturated rings. The Kier molecular flexibility index (Phi) is 5.70. The van der Waals surface area contributed by atoms with Gasteiger partial charge in [-0.1, -0.05) is 12.1 Å². The van der Waals surface area contributed by atoms with E-state index in [0.717, 1.165) is 0 Å². The van der Waals surface area contributed by atoms with Crippen molar-refractivity contribution in [3.63, 3.8) is 0 Å². The maximum atomic E-state index is 12.3. The van der Waals surface area contributed by atoms with Crippen LogP contribution in [0.25, 0.3) is 0 Å². The van der Waals surface area contributed by atoms with E-state index in [2.05, 4.69) is 10.4 Å². The molecule has 8 nitrogen and oxygen atoms in total. The molecule has 0 aliphatic rings. The van der Waals surface area contributed by atoms with Crippen LogP contribution in [-0.4, -0.2) is 47.1 Å². The van der Waals surface area contributed by atoms with Crippen LogP contribution in [0, 0.1) is 0 Å². The van der Waals surface area contributed by atoms with Gasteiger partial charge in [-0.2, -0.15) is 5.10 Å². The molecule has 8 heteroatoms. The smallest absolute Gasteiger partial charge is 0.325 e. The van der Waals surface area contributed by atoms with Gasteiger partial charge in [-0.15, -0.1) is 0 Å². The SMILES string of the molecule is COCCOc1ccccc1C(=O)Nc1ccn(CC(=O)O)n1. The van der Waals surface area contributed by atoms with E-state index in [1.807, 2.05) is 0 Å². The fourth-order valence-electron chi connectivity index (χ4n) is 1.85. The van der Waals surface area contributed by atoms with Gasteiger partial charge in [-0.05, 0) is 12.1 Å². The van der Waals surface area contributed by atoms with Gasteiger partial charge in [0.15, 0.2) is 5.82 Å². The van der Waals surface area contributed by atoms with E-state index in [-0.39, 0.29) is 12.4 Å². The van der Waals surface area contributed by atoms with Crippen LogP contribution >= 0.6 is 0 Å². The maximum absolute atomic E-state index is 12.3. The highest BCUT2D eigenvalue weighted by molar-refractivity contribution is 6.05. The zero-order valence-electron chi connectivity index (χ0n) is 12.6. The number of carbonyl (C=O) groups is 2. The molecule has 0 saturated carbocycles. The minimum atomic E-state index is -1.01. The molecule has 0 aliphatic heterocycles. The van der Waals surface area contributed by atoms with Gasteiger partial charge in [0.05, 0.1) is 12.2 Å². The third kappa shape index (κ3) is 4.82. The summed E-state index contributed by atoms with van der Waals surface area (Å²) in [7, 11) is 1.56. The van der Waals surface area contributed by atoms with Crippen molar-refractivity contribution >= 4 is 17.7 Å². The van der Waals surface area contributed by atoms with E-state index in [4.69, 9.17) is 14.6 Å². The van der Waals surface area contributed by atoms with Crippen molar-refractivity contribution in [2.45, 2.75) is 6.54 Å². The molecule has 2 rings (SSSR count). The van der Waals surface area contributed by atoms with Crippen LogP contribution in [0.15, 0.2) is 36.5 Å². The highest BCUT2D eigenvalue weighted by Gasteiger charge is 2.13. The summed E-state index contributed by atoms with van der Waals surface area (Å²) < 4.78 is 11.6. The number of carboxylic acids is 1. The lowest BCUT2D eigenvalue weighted by Crippen LogP contribution is -2.16. The first-order valence-electron chi connectivity index (χ1n) is 6.87. The quantitative estimate of drug-likeness (QED) is 0.710. The third-order valence-corrected chi connectivity index (χ3v) is 2.86. The van der Waals surface area contributed by atoms with Crippen molar-refractivity contribution < 1.29 is 24.2 Å². The number of carbonyl (C=O) groups excluding carboxylic acids is 1. The van der Waals surface area contributed by atoms with Crippen LogP contribution in [0.5, 0.6) is 5.75 Å². The number of aliphatic carboxylic acids is 1. The summed E-state index contributed by atoms with van der Waals surface area (Å²) in [6, 6.07) is 8.33. The summed E-state index contributed by atoms with van der Waals surface area (Å²) in [5.74, 6) is -0.698. The molecule has 0 spiro atoms. The van der Waals surface area contributed by atoms with Crippen LogP contribution < -0.4 is 10.1 Å². The molecule has 1 heterocycles. The second kappa shape index (κ2) is 7.95. The minimum Gasteiger partial charge on any atom is -0.490 e. The molecule has 2 aromatic rings. The van der Waals surface area contributed by atoms with Gasteiger partial charge in [-0.25, -0.2) is 0 Å². The molecule has 0 bridgehead atoms. The average molecular weight is 319 g/mol. The zero-order chi connectivity index (χ0) is 16.7. The number of nitrogens with one attached hydrogen (secondary N) is 1. The molecule has 1 aromatic carbocycles. The van der Waals surface area contributed by atoms with Gasteiger partial charge in [0.25, 0.3) is 5.91 Å². The van der Waals surface area contributed by atoms with Gasteiger partial charge in [-0.3, -0.25) is 14.3 Å². The van der Waals surface area contributed by atoms with Crippen molar-refractivity contribution in [1.82, 2.24) is 9.78 Å². The Morgan fingerprint density at radius 1 is 1.26 bits per heavy atom. The largest absolute Gasteiger partial charge is 0.490 e. The number of benzene rings is 1. The molecule has 0 atom stereocenters. The lowest BCUT2D eigenvalue weighted by atomic mass is 10.2. The van der Waals surface area contributed by atoms with Gasteiger partial charge in [0.1, 0.15) is 18.9 Å². The molecule has 2 N–H and O–H groups in total. The number of aromatic nitrogens is 2. The highest BCUT2D eigenvalue weighted by Crippen LogP contribution is 2.19. The summed E-state index contributed by atoms with van der Waals surface area (Å²) >= 11 is 0. The summed E-state index contributed by atoms with van der Waals surface area (Å²) in [6.07, 6.45) is 1.48. The highest BCUT2D eigenvalue weighted by atomic mass is 16.5. The predicted molar refractivity (Wildman–Crippen MR) is 81.6 cm³/mol. The average Bonchev–Trinajstić information content (AvgIpc) is 2.94. The first-order valence-corrected chi connectivity index (χ1v) is 6.87. The Balaban J connectivity index is 2.05. The summed E-state index contributed by atoms with van der Waals surface area (Å²) in [6.45, 7) is 0.468. The third-order valence-electron chi connectivity index (χ3n) is 2.86. The topological polar surface area (TPSA) is 103 Å². The Labute approximate surface area is 132 Å². The lowest BCUT2D eigenvalue weighted by Gasteiger charge is -2.10. The molecule has 122 valence electrons. The Hall–Kier alpha value is -2.87. The van der Waals surface area contributed by atoms with E-state index in [0.29, 0.717) is 24.5 Å². The monoisotopic (exact) mass is 319 g/mol. The molecule has 1 amide bonds. The van der Waals surface area contributed by atoms with Crippen molar-refractivity contribution in [1.29, 1.82) is 0 Å². The first-order chi connectivity index (χ1) is 11.1. The number of hydrogen-bond donors (Lipinski definition) is 2. The summed E-state index contributed by atoms with van der Waals surface area (Å²) in [4.78, 5) is 22.9. The number of carboxylic acid groups (broad SMARTS) is 1. The number of rotatable bonds is 8.